The van der Waals surface area contributed by atoms with Crippen molar-refractivity contribution in [2.24, 2.45) is 0 Å². The fourth-order valence-corrected chi connectivity index (χ4v) is 3.87. The predicted molar refractivity (Wildman–Crippen MR) is 116 cm³/mol. The molecule has 1 aliphatic rings. The van der Waals surface area contributed by atoms with Gasteiger partial charge in [0.05, 0.1) is 13.2 Å². The second kappa shape index (κ2) is 9.41. The number of carbonyl (C=O) groups excluding carboxylic acids is 2. The van der Waals surface area contributed by atoms with Gasteiger partial charge in [0.2, 0.25) is 5.91 Å². The lowest BCUT2D eigenvalue weighted by Crippen LogP contribution is -2.62. The molecule has 0 saturated carbocycles. The first-order valence-electron chi connectivity index (χ1n) is 10.1. The molecule has 0 N–H and O–H groups in total. The lowest BCUT2D eigenvalue weighted by molar-refractivity contribution is -0.173. The van der Waals surface area contributed by atoms with E-state index in [9.17, 15) is 9.59 Å². The molecule has 1 heterocycles. The minimum Gasteiger partial charge on any atom is -0.375 e. The van der Waals surface area contributed by atoms with E-state index >= 15 is 0 Å². The summed E-state index contributed by atoms with van der Waals surface area (Å²) in [6.07, 6.45) is 0.389. The quantitative estimate of drug-likeness (QED) is 0.734. The number of benzene rings is 2. The Morgan fingerprint density at radius 3 is 2.53 bits per heavy atom. The third kappa shape index (κ3) is 4.89. The summed E-state index contributed by atoms with van der Waals surface area (Å²) in [5, 5.41) is 0. The smallest absolute Gasteiger partial charge is 0.256 e. The van der Waals surface area contributed by atoms with E-state index in [1.54, 1.807) is 19.0 Å². The van der Waals surface area contributed by atoms with Gasteiger partial charge in [-0.15, -0.1) is 0 Å². The van der Waals surface area contributed by atoms with E-state index in [2.05, 4.69) is 43.3 Å². The Morgan fingerprint density at radius 2 is 1.87 bits per heavy atom. The summed E-state index contributed by atoms with van der Waals surface area (Å²) in [6, 6.07) is 16.5. The fraction of sp³-hybridized carbons (Fsp3) is 0.417. The van der Waals surface area contributed by atoms with Gasteiger partial charge in [-0.3, -0.25) is 9.59 Å². The van der Waals surface area contributed by atoms with Crippen molar-refractivity contribution in [3.8, 4) is 11.1 Å². The molecule has 6 nitrogen and oxygen atoms in total. The number of aryl methyl sites for hydroxylation is 1. The monoisotopic (exact) mass is 410 g/mol. The van der Waals surface area contributed by atoms with E-state index in [1.165, 1.54) is 17.6 Å². The van der Waals surface area contributed by atoms with Crippen molar-refractivity contribution in [2.45, 2.75) is 18.9 Å². The summed E-state index contributed by atoms with van der Waals surface area (Å²) in [6.45, 7) is 3.03. The molecule has 160 valence electrons. The molecule has 0 bridgehead atoms. The number of rotatable bonds is 6. The van der Waals surface area contributed by atoms with Crippen LogP contribution in [0.4, 0.5) is 0 Å². The second-order valence-electron chi connectivity index (χ2n) is 8.03. The molecule has 1 fully saturated rings. The highest BCUT2D eigenvalue weighted by Crippen LogP contribution is 2.28. The Hall–Kier alpha value is -2.70. The number of carbonyl (C=O) groups is 2. The number of morpholine rings is 1. The van der Waals surface area contributed by atoms with Crippen LogP contribution < -0.4 is 0 Å². The Kier molecular flexibility index (Phi) is 6.90. The molecule has 30 heavy (non-hydrogen) atoms. The van der Waals surface area contributed by atoms with Gasteiger partial charge >= 0.3 is 0 Å². The molecule has 6 heteroatoms. The molecule has 2 aromatic rings. The van der Waals surface area contributed by atoms with Crippen LogP contribution in [0.25, 0.3) is 11.1 Å². The zero-order valence-corrected chi connectivity index (χ0v) is 18.2. The lowest BCUT2D eigenvalue weighted by atomic mass is 9.89. The van der Waals surface area contributed by atoms with E-state index in [0.29, 0.717) is 19.6 Å². The van der Waals surface area contributed by atoms with Gasteiger partial charge in [0.1, 0.15) is 6.61 Å². The fourth-order valence-electron chi connectivity index (χ4n) is 3.87. The molecule has 2 amide bonds. The van der Waals surface area contributed by atoms with Crippen LogP contribution in [0.15, 0.2) is 48.5 Å². The second-order valence-corrected chi connectivity index (χ2v) is 8.03. The van der Waals surface area contributed by atoms with Crippen LogP contribution in [0.5, 0.6) is 0 Å². The summed E-state index contributed by atoms with van der Waals surface area (Å²) in [5.74, 6) is -0.275. The van der Waals surface area contributed by atoms with E-state index in [1.807, 2.05) is 12.1 Å². The van der Waals surface area contributed by atoms with Gasteiger partial charge in [-0.2, -0.15) is 0 Å². The van der Waals surface area contributed by atoms with Crippen LogP contribution in [-0.2, 0) is 25.5 Å². The highest BCUT2D eigenvalue weighted by molar-refractivity contribution is 5.87. The van der Waals surface area contributed by atoms with Crippen LogP contribution in [0.2, 0.25) is 0 Å². The van der Waals surface area contributed by atoms with Crippen LogP contribution in [-0.4, -0.2) is 74.7 Å². The summed E-state index contributed by atoms with van der Waals surface area (Å²) in [4.78, 5) is 28.8. The van der Waals surface area contributed by atoms with Gasteiger partial charge in [-0.25, -0.2) is 0 Å². The average Bonchev–Trinajstić information content (AvgIpc) is 2.74. The van der Waals surface area contributed by atoms with Gasteiger partial charge in [-0.1, -0.05) is 54.1 Å². The molecule has 1 saturated heterocycles. The van der Waals surface area contributed by atoms with Crippen molar-refractivity contribution in [3.05, 3.63) is 59.7 Å². The topological polar surface area (TPSA) is 59.1 Å². The number of ether oxygens (including phenoxy) is 2. The van der Waals surface area contributed by atoms with Crippen molar-refractivity contribution in [2.75, 3.05) is 47.5 Å². The molecule has 0 aromatic heterocycles. The summed E-state index contributed by atoms with van der Waals surface area (Å²) in [7, 11) is 4.92. The van der Waals surface area contributed by atoms with Gasteiger partial charge < -0.3 is 19.3 Å². The third-order valence-electron chi connectivity index (χ3n) is 5.40. The first-order valence-corrected chi connectivity index (χ1v) is 10.1. The molecule has 1 atom stereocenters. The number of hydrogen-bond donors (Lipinski definition) is 0. The molecule has 0 spiro atoms. The minimum absolute atomic E-state index is 0.00482. The summed E-state index contributed by atoms with van der Waals surface area (Å²) < 4.78 is 11.1. The van der Waals surface area contributed by atoms with Crippen LogP contribution in [0, 0.1) is 6.92 Å². The normalized spacial score (nSPS) is 18.9. The maximum absolute atomic E-state index is 13.2. The van der Waals surface area contributed by atoms with Crippen molar-refractivity contribution in [1.29, 1.82) is 0 Å². The number of nitrogens with zero attached hydrogens (tertiary/aromatic N) is 2. The van der Waals surface area contributed by atoms with Gasteiger partial charge in [0, 0.05) is 34.2 Å². The average molecular weight is 411 g/mol. The largest absolute Gasteiger partial charge is 0.375 e. The number of methoxy groups -OCH3 is 1. The van der Waals surface area contributed by atoms with E-state index in [4.69, 9.17) is 9.47 Å². The molecular formula is C24H30N2O4. The molecule has 0 unspecified atom stereocenters. The molecular weight excluding hydrogens is 380 g/mol. The Balaban J connectivity index is 1.90. The highest BCUT2D eigenvalue weighted by atomic mass is 16.5. The highest BCUT2D eigenvalue weighted by Gasteiger charge is 2.45. The predicted octanol–water partition coefficient (Wildman–Crippen LogP) is 2.54. The van der Waals surface area contributed by atoms with E-state index in [-0.39, 0.29) is 25.0 Å². The summed E-state index contributed by atoms with van der Waals surface area (Å²) >= 11 is 0. The van der Waals surface area contributed by atoms with Crippen LogP contribution in [0.1, 0.15) is 11.1 Å². The SMILES string of the molecule is COCC(=O)N1CCO[C@@](Cc2cccc(-c3ccc(C)cc3)c2)(C(=O)N(C)C)C1. The Bertz CT molecular complexity index is 894. The minimum atomic E-state index is -1.11. The third-order valence-corrected chi connectivity index (χ3v) is 5.40. The number of hydrogen-bond acceptors (Lipinski definition) is 4. The standard InChI is InChI=1S/C24H30N2O4/c1-18-8-10-20(11-9-18)21-7-5-6-19(14-21)15-24(23(28)25(2)3)17-26(12-13-30-24)22(27)16-29-4/h5-11,14H,12-13,15-17H2,1-4H3/t24-/m1/s1. The van der Waals surface area contributed by atoms with Crippen molar-refractivity contribution >= 4 is 11.8 Å². The lowest BCUT2D eigenvalue weighted by Gasteiger charge is -2.42. The Morgan fingerprint density at radius 1 is 1.13 bits per heavy atom. The first-order chi connectivity index (χ1) is 14.3. The van der Waals surface area contributed by atoms with E-state index in [0.717, 1.165) is 16.7 Å². The van der Waals surface area contributed by atoms with Crippen molar-refractivity contribution in [1.82, 2.24) is 9.80 Å². The molecule has 1 aliphatic heterocycles. The Labute approximate surface area is 178 Å². The van der Waals surface area contributed by atoms with Crippen molar-refractivity contribution in [3.63, 3.8) is 0 Å². The number of likely N-dealkylation sites (N-methyl/N-ethyl adjacent to an activating group) is 1. The van der Waals surface area contributed by atoms with Gasteiger partial charge in [0.15, 0.2) is 5.60 Å². The first kappa shape index (κ1) is 22.0. The zero-order chi connectivity index (χ0) is 21.7. The molecule has 0 radical (unpaired) electrons. The van der Waals surface area contributed by atoms with Crippen LogP contribution >= 0.6 is 0 Å². The molecule has 2 aromatic carbocycles. The van der Waals surface area contributed by atoms with E-state index < -0.39 is 5.60 Å². The maximum atomic E-state index is 13.2. The number of amides is 2. The summed E-state index contributed by atoms with van der Waals surface area (Å²) in [5.41, 5.74) is 3.29. The maximum Gasteiger partial charge on any atom is 0.256 e. The molecule has 0 aliphatic carbocycles. The van der Waals surface area contributed by atoms with Gasteiger partial charge in [0.25, 0.3) is 5.91 Å². The van der Waals surface area contributed by atoms with Crippen LogP contribution in [0.3, 0.4) is 0 Å². The van der Waals surface area contributed by atoms with Gasteiger partial charge in [-0.05, 0) is 23.6 Å². The zero-order valence-electron chi connectivity index (χ0n) is 18.2. The molecule has 3 rings (SSSR count). The van der Waals surface area contributed by atoms with Crippen molar-refractivity contribution < 1.29 is 19.1 Å².